The maximum Gasteiger partial charge on any atom is 0.0516 e. The third-order valence-corrected chi connectivity index (χ3v) is 1.90. The summed E-state index contributed by atoms with van der Waals surface area (Å²) in [6, 6.07) is 0. The largest absolute Gasteiger partial charge is 0.396 e. The molecule has 0 bridgehead atoms. The van der Waals surface area contributed by atoms with Crippen LogP contribution in [0.3, 0.4) is 0 Å². The van der Waals surface area contributed by atoms with Crippen molar-refractivity contribution in [1.29, 1.82) is 0 Å². The molecule has 0 rings (SSSR count). The van der Waals surface area contributed by atoms with E-state index < -0.39 is 0 Å². The Morgan fingerprint density at radius 2 is 1.83 bits per heavy atom. The van der Waals surface area contributed by atoms with Gasteiger partial charge in [0.1, 0.15) is 0 Å². The molecule has 0 fully saturated rings. The number of rotatable bonds is 7. The highest BCUT2D eigenvalue weighted by molar-refractivity contribution is 4.54. The maximum absolute atomic E-state index is 8.82. The van der Waals surface area contributed by atoms with E-state index in [1.54, 1.807) is 0 Å². The number of hydrogen-bond acceptors (Lipinski definition) is 3. The van der Waals surface area contributed by atoms with E-state index in [1.165, 1.54) is 0 Å². The zero-order valence-corrected chi connectivity index (χ0v) is 7.99. The predicted octanol–water partition coefficient (Wildman–Crippen LogP) is 0.650. The van der Waals surface area contributed by atoms with E-state index in [-0.39, 0.29) is 25.0 Å². The molecule has 0 saturated carbocycles. The summed E-state index contributed by atoms with van der Waals surface area (Å²) in [5.74, 6) is 0.442. The van der Waals surface area contributed by atoms with Crippen molar-refractivity contribution in [2.24, 2.45) is 11.8 Å². The molecule has 0 aromatic heterocycles. The molecule has 0 aromatic rings. The summed E-state index contributed by atoms with van der Waals surface area (Å²) >= 11 is 0. The molecule has 12 heavy (non-hydrogen) atoms. The average molecular weight is 176 g/mol. The van der Waals surface area contributed by atoms with Gasteiger partial charge < -0.3 is 14.9 Å². The molecular weight excluding hydrogens is 156 g/mol. The Labute approximate surface area is 74.4 Å². The highest BCUT2D eigenvalue weighted by Gasteiger charge is 2.05. The van der Waals surface area contributed by atoms with E-state index in [0.717, 1.165) is 6.42 Å². The lowest BCUT2D eigenvalue weighted by Crippen LogP contribution is -2.17. The fourth-order valence-corrected chi connectivity index (χ4v) is 0.788. The van der Waals surface area contributed by atoms with E-state index >= 15 is 0 Å². The van der Waals surface area contributed by atoms with Crippen molar-refractivity contribution in [2.75, 3.05) is 26.4 Å². The van der Waals surface area contributed by atoms with Gasteiger partial charge in [-0.1, -0.05) is 13.8 Å². The number of aliphatic hydroxyl groups is 2. The topological polar surface area (TPSA) is 49.7 Å². The van der Waals surface area contributed by atoms with Gasteiger partial charge in [0.15, 0.2) is 0 Å². The molecule has 0 aromatic carbocycles. The first kappa shape index (κ1) is 11.9. The summed E-state index contributed by atoms with van der Waals surface area (Å²) in [5.41, 5.74) is 0. The highest BCUT2D eigenvalue weighted by Crippen LogP contribution is 2.03. The van der Waals surface area contributed by atoms with Gasteiger partial charge in [-0.25, -0.2) is 0 Å². The van der Waals surface area contributed by atoms with E-state index in [1.807, 2.05) is 13.8 Å². The van der Waals surface area contributed by atoms with Crippen molar-refractivity contribution in [2.45, 2.75) is 20.3 Å². The second-order valence-electron chi connectivity index (χ2n) is 3.28. The van der Waals surface area contributed by atoms with Gasteiger partial charge in [-0.2, -0.15) is 0 Å². The highest BCUT2D eigenvalue weighted by atomic mass is 16.5. The van der Waals surface area contributed by atoms with Crippen LogP contribution in [-0.2, 0) is 4.74 Å². The van der Waals surface area contributed by atoms with Gasteiger partial charge in [-0.05, 0) is 6.42 Å². The SMILES string of the molecule is CCC(CO)COCC(C)CO. The smallest absolute Gasteiger partial charge is 0.0516 e. The normalized spacial score (nSPS) is 16.0. The van der Waals surface area contributed by atoms with Gasteiger partial charge in [0.05, 0.1) is 13.2 Å². The quantitative estimate of drug-likeness (QED) is 0.599. The van der Waals surface area contributed by atoms with Crippen LogP contribution in [0.15, 0.2) is 0 Å². The Balaban J connectivity index is 3.28. The second-order valence-corrected chi connectivity index (χ2v) is 3.28. The van der Waals surface area contributed by atoms with Crippen molar-refractivity contribution < 1.29 is 14.9 Å². The Morgan fingerprint density at radius 3 is 2.25 bits per heavy atom. The van der Waals surface area contributed by atoms with Crippen molar-refractivity contribution in [3.8, 4) is 0 Å². The molecule has 0 saturated heterocycles. The van der Waals surface area contributed by atoms with E-state index in [2.05, 4.69) is 0 Å². The monoisotopic (exact) mass is 176 g/mol. The zero-order valence-electron chi connectivity index (χ0n) is 7.99. The number of hydrogen-bond donors (Lipinski definition) is 2. The third kappa shape index (κ3) is 5.52. The fraction of sp³-hybridized carbons (Fsp3) is 1.00. The summed E-state index contributed by atoms with van der Waals surface area (Å²) in [7, 11) is 0. The van der Waals surface area contributed by atoms with Crippen LogP contribution < -0.4 is 0 Å². The molecule has 2 N–H and O–H groups in total. The summed E-state index contributed by atoms with van der Waals surface area (Å²) < 4.78 is 5.31. The Hall–Kier alpha value is -0.120. The van der Waals surface area contributed by atoms with Gasteiger partial charge >= 0.3 is 0 Å². The summed E-state index contributed by atoms with van der Waals surface area (Å²) in [6.07, 6.45) is 0.935. The minimum absolute atomic E-state index is 0.163. The van der Waals surface area contributed by atoms with Crippen LogP contribution in [0.5, 0.6) is 0 Å². The minimum Gasteiger partial charge on any atom is -0.396 e. The van der Waals surface area contributed by atoms with Gasteiger partial charge in [0.25, 0.3) is 0 Å². The Kier molecular flexibility index (Phi) is 7.45. The van der Waals surface area contributed by atoms with Crippen LogP contribution in [0.4, 0.5) is 0 Å². The fourth-order valence-electron chi connectivity index (χ4n) is 0.788. The first-order valence-corrected chi connectivity index (χ1v) is 4.54. The molecule has 2 unspecified atom stereocenters. The van der Waals surface area contributed by atoms with Crippen LogP contribution >= 0.6 is 0 Å². The van der Waals surface area contributed by atoms with Crippen LogP contribution in [0.25, 0.3) is 0 Å². The van der Waals surface area contributed by atoms with Crippen LogP contribution in [0.1, 0.15) is 20.3 Å². The lowest BCUT2D eigenvalue weighted by atomic mass is 10.1. The van der Waals surface area contributed by atoms with Crippen LogP contribution in [-0.4, -0.2) is 36.6 Å². The average Bonchev–Trinajstić information content (AvgIpc) is 2.12. The molecule has 0 heterocycles. The molecule has 3 nitrogen and oxygen atoms in total. The Bertz CT molecular complexity index is 91.8. The second kappa shape index (κ2) is 7.53. The van der Waals surface area contributed by atoms with E-state index in [4.69, 9.17) is 14.9 Å². The van der Waals surface area contributed by atoms with Crippen molar-refractivity contribution in [3.05, 3.63) is 0 Å². The lowest BCUT2D eigenvalue weighted by Gasteiger charge is -2.13. The molecular formula is C9H20O3. The Morgan fingerprint density at radius 1 is 1.17 bits per heavy atom. The molecule has 0 radical (unpaired) electrons. The summed E-state index contributed by atoms with van der Waals surface area (Å²) in [6.45, 7) is 5.48. The third-order valence-electron chi connectivity index (χ3n) is 1.90. The first-order valence-electron chi connectivity index (χ1n) is 4.54. The van der Waals surface area contributed by atoms with Crippen molar-refractivity contribution in [3.63, 3.8) is 0 Å². The molecule has 74 valence electrons. The van der Waals surface area contributed by atoms with Gasteiger partial charge in [-0.3, -0.25) is 0 Å². The zero-order chi connectivity index (χ0) is 9.40. The van der Waals surface area contributed by atoms with Gasteiger partial charge in [0, 0.05) is 25.0 Å². The van der Waals surface area contributed by atoms with E-state index in [9.17, 15) is 0 Å². The van der Waals surface area contributed by atoms with Gasteiger partial charge in [0.2, 0.25) is 0 Å². The molecule has 2 atom stereocenters. The number of ether oxygens (including phenoxy) is 1. The minimum atomic E-state index is 0.163. The molecule has 0 amide bonds. The molecule has 0 aliphatic carbocycles. The predicted molar refractivity (Wildman–Crippen MR) is 47.9 cm³/mol. The lowest BCUT2D eigenvalue weighted by molar-refractivity contribution is 0.0406. The molecule has 0 aliphatic heterocycles. The van der Waals surface area contributed by atoms with E-state index in [0.29, 0.717) is 13.2 Å². The van der Waals surface area contributed by atoms with Crippen molar-refractivity contribution in [1.82, 2.24) is 0 Å². The van der Waals surface area contributed by atoms with Crippen molar-refractivity contribution >= 4 is 0 Å². The van der Waals surface area contributed by atoms with Gasteiger partial charge in [-0.15, -0.1) is 0 Å². The van der Waals surface area contributed by atoms with Crippen LogP contribution in [0, 0.1) is 11.8 Å². The first-order chi connectivity index (χ1) is 5.74. The van der Waals surface area contributed by atoms with Crippen LogP contribution in [0.2, 0.25) is 0 Å². The summed E-state index contributed by atoms with van der Waals surface area (Å²) in [4.78, 5) is 0. The standard InChI is InChI=1S/C9H20O3/c1-3-9(5-11)7-12-6-8(2)4-10/h8-11H,3-7H2,1-2H3. The molecule has 0 spiro atoms. The molecule has 0 aliphatic rings. The molecule has 3 heteroatoms. The maximum atomic E-state index is 8.82. The number of aliphatic hydroxyl groups excluding tert-OH is 2. The summed E-state index contributed by atoms with van der Waals surface area (Å²) in [5, 5.41) is 17.5.